The number of aryl methyl sites for hydroxylation is 1. The molecule has 3 heterocycles. The fourth-order valence-electron chi connectivity index (χ4n) is 3.45. The minimum Gasteiger partial charge on any atom is -0.469 e. The molecule has 0 spiro atoms. The van der Waals surface area contributed by atoms with Crippen molar-refractivity contribution in [1.29, 1.82) is 0 Å². The number of benzene rings is 1. The lowest BCUT2D eigenvalue weighted by atomic mass is 10.1. The van der Waals surface area contributed by atoms with Crippen LogP contribution in [-0.4, -0.2) is 38.0 Å². The standard InChI is InChI=1S/C19H18F2N4O2/c1-13-15(7-8-27-13)18(26)25-11-19(20,21)9-16(25)17-23-22-12-24(17)10-14-5-3-2-4-6-14/h2-8,12,16H,9-11H2,1H3. The third-order valence-electron chi connectivity index (χ3n) is 4.76. The first-order chi connectivity index (χ1) is 12.9. The van der Waals surface area contributed by atoms with Crippen LogP contribution in [0, 0.1) is 6.92 Å². The van der Waals surface area contributed by atoms with Crippen molar-refractivity contribution < 1.29 is 18.0 Å². The van der Waals surface area contributed by atoms with E-state index >= 15 is 0 Å². The van der Waals surface area contributed by atoms with Crippen molar-refractivity contribution in [3.05, 3.63) is 71.7 Å². The van der Waals surface area contributed by atoms with E-state index in [1.165, 1.54) is 23.6 Å². The molecular formula is C19H18F2N4O2. The largest absolute Gasteiger partial charge is 0.469 e. The molecule has 8 heteroatoms. The molecule has 1 aliphatic rings. The second-order valence-electron chi connectivity index (χ2n) is 6.70. The van der Waals surface area contributed by atoms with Crippen LogP contribution in [0.25, 0.3) is 0 Å². The number of nitrogens with zero attached hydrogens (tertiary/aromatic N) is 4. The van der Waals surface area contributed by atoms with Crippen molar-refractivity contribution in [3.8, 4) is 0 Å². The molecule has 0 bridgehead atoms. The zero-order chi connectivity index (χ0) is 19.0. The minimum absolute atomic E-state index is 0.284. The molecule has 1 atom stereocenters. The fourth-order valence-corrected chi connectivity index (χ4v) is 3.45. The summed E-state index contributed by atoms with van der Waals surface area (Å²) in [4.78, 5) is 14.0. The van der Waals surface area contributed by atoms with Crippen molar-refractivity contribution in [2.75, 3.05) is 6.54 Å². The summed E-state index contributed by atoms with van der Waals surface area (Å²) in [6.07, 6.45) is 2.40. The molecule has 0 saturated carbocycles. The van der Waals surface area contributed by atoms with Crippen LogP contribution in [0.2, 0.25) is 0 Å². The van der Waals surface area contributed by atoms with Crippen LogP contribution in [0.3, 0.4) is 0 Å². The molecule has 1 unspecified atom stereocenters. The highest BCUT2D eigenvalue weighted by atomic mass is 19.3. The molecule has 2 aromatic heterocycles. The predicted octanol–water partition coefficient (Wildman–Crippen LogP) is 3.45. The molecule has 0 aliphatic carbocycles. The van der Waals surface area contributed by atoms with Crippen LogP contribution >= 0.6 is 0 Å². The fraction of sp³-hybridized carbons (Fsp3) is 0.316. The van der Waals surface area contributed by atoms with Gasteiger partial charge in [0.25, 0.3) is 11.8 Å². The van der Waals surface area contributed by atoms with E-state index in [2.05, 4.69) is 10.2 Å². The molecule has 3 aromatic rings. The number of carbonyl (C=O) groups excluding carboxylic acids is 1. The van der Waals surface area contributed by atoms with Crippen LogP contribution < -0.4 is 0 Å². The third-order valence-corrected chi connectivity index (χ3v) is 4.76. The molecular weight excluding hydrogens is 354 g/mol. The van der Waals surface area contributed by atoms with Crippen LogP contribution in [-0.2, 0) is 6.54 Å². The quantitative estimate of drug-likeness (QED) is 0.704. The summed E-state index contributed by atoms with van der Waals surface area (Å²) >= 11 is 0. The van der Waals surface area contributed by atoms with E-state index in [0.717, 1.165) is 5.56 Å². The summed E-state index contributed by atoms with van der Waals surface area (Å²) < 4.78 is 35.3. The van der Waals surface area contributed by atoms with Gasteiger partial charge >= 0.3 is 0 Å². The molecule has 1 fully saturated rings. The first kappa shape index (κ1) is 17.4. The SMILES string of the molecule is Cc1occc1C(=O)N1CC(F)(F)CC1c1nncn1Cc1ccccc1. The highest BCUT2D eigenvalue weighted by molar-refractivity contribution is 5.95. The summed E-state index contributed by atoms with van der Waals surface area (Å²) in [6, 6.07) is 10.2. The number of halogens is 2. The van der Waals surface area contributed by atoms with Crippen LogP contribution in [0.1, 0.15) is 40.0 Å². The van der Waals surface area contributed by atoms with Gasteiger partial charge in [-0.15, -0.1) is 10.2 Å². The second-order valence-corrected chi connectivity index (χ2v) is 6.70. The lowest BCUT2D eigenvalue weighted by molar-refractivity contribution is 0.0117. The van der Waals surface area contributed by atoms with Gasteiger partial charge in [0.2, 0.25) is 0 Å². The third kappa shape index (κ3) is 3.34. The predicted molar refractivity (Wildman–Crippen MR) is 92.4 cm³/mol. The number of alkyl halides is 2. The molecule has 6 nitrogen and oxygen atoms in total. The first-order valence-corrected chi connectivity index (χ1v) is 8.59. The number of furan rings is 1. The van der Waals surface area contributed by atoms with Gasteiger partial charge in [0, 0.05) is 6.42 Å². The number of carbonyl (C=O) groups is 1. The Labute approximate surface area is 154 Å². The maximum atomic E-state index is 14.2. The Balaban J connectivity index is 1.66. The Bertz CT molecular complexity index is 952. The average molecular weight is 372 g/mol. The molecule has 1 aromatic carbocycles. The van der Waals surface area contributed by atoms with Gasteiger partial charge in [-0.1, -0.05) is 30.3 Å². The average Bonchev–Trinajstić information content (AvgIpc) is 3.34. The van der Waals surface area contributed by atoms with E-state index in [-0.39, 0.29) is 5.56 Å². The maximum absolute atomic E-state index is 14.2. The van der Waals surface area contributed by atoms with E-state index < -0.39 is 30.8 Å². The van der Waals surface area contributed by atoms with Gasteiger partial charge in [0.15, 0.2) is 5.82 Å². The van der Waals surface area contributed by atoms with Gasteiger partial charge in [-0.25, -0.2) is 8.78 Å². The molecule has 1 amide bonds. The Morgan fingerprint density at radius 2 is 2.07 bits per heavy atom. The van der Waals surface area contributed by atoms with Gasteiger partial charge in [0.05, 0.1) is 31.0 Å². The zero-order valence-electron chi connectivity index (χ0n) is 14.7. The molecule has 0 radical (unpaired) electrons. The summed E-state index contributed by atoms with van der Waals surface area (Å²) in [5.41, 5.74) is 1.28. The zero-order valence-corrected chi connectivity index (χ0v) is 14.7. The van der Waals surface area contributed by atoms with E-state index in [0.29, 0.717) is 18.1 Å². The molecule has 1 saturated heterocycles. The highest BCUT2D eigenvalue weighted by Crippen LogP contribution is 2.41. The molecule has 27 heavy (non-hydrogen) atoms. The van der Waals surface area contributed by atoms with Crippen LogP contribution in [0.4, 0.5) is 8.78 Å². The number of aromatic nitrogens is 3. The molecule has 140 valence electrons. The van der Waals surface area contributed by atoms with E-state index in [9.17, 15) is 13.6 Å². The van der Waals surface area contributed by atoms with E-state index in [1.807, 2.05) is 30.3 Å². The topological polar surface area (TPSA) is 64.2 Å². The molecule has 4 rings (SSSR count). The second kappa shape index (κ2) is 6.61. The smallest absolute Gasteiger partial charge is 0.267 e. The van der Waals surface area contributed by atoms with Gasteiger partial charge in [-0.3, -0.25) is 4.79 Å². The summed E-state index contributed by atoms with van der Waals surface area (Å²) in [5.74, 6) is -2.72. The number of hydrogen-bond donors (Lipinski definition) is 0. The lowest BCUT2D eigenvalue weighted by Crippen LogP contribution is -2.34. The molecule has 1 aliphatic heterocycles. The summed E-state index contributed by atoms with van der Waals surface area (Å²) in [5, 5.41) is 7.95. The summed E-state index contributed by atoms with van der Waals surface area (Å²) in [6.45, 7) is 1.42. The van der Waals surface area contributed by atoms with Crippen molar-refractivity contribution in [1.82, 2.24) is 19.7 Å². The monoisotopic (exact) mass is 372 g/mol. The number of amides is 1. The maximum Gasteiger partial charge on any atom is 0.267 e. The lowest BCUT2D eigenvalue weighted by Gasteiger charge is -2.23. The Kier molecular flexibility index (Phi) is 4.25. The highest BCUT2D eigenvalue weighted by Gasteiger charge is 2.49. The Morgan fingerprint density at radius 1 is 1.30 bits per heavy atom. The van der Waals surface area contributed by atoms with Crippen molar-refractivity contribution >= 4 is 5.91 Å². The van der Waals surface area contributed by atoms with Gasteiger partial charge < -0.3 is 13.9 Å². The normalized spacial score (nSPS) is 18.8. The Hall–Kier alpha value is -3.03. The summed E-state index contributed by atoms with van der Waals surface area (Å²) in [7, 11) is 0. The van der Waals surface area contributed by atoms with Gasteiger partial charge in [-0.05, 0) is 18.6 Å². The van der Waals surface area contributed by atoms with Crippen molar-refractivity contribution in [2.45, 2.75) is 31.9 Å². The Morgan fingerprint density at radius 3 is 2.78 bits per heavy atom. The van der Waals surface area contributed by atoms with Gasteiger partial charge in [-0.2, -0.15) is 0 Å². The van der Waals surface area contributed by atoms with E-state index in [1.54, 1.807) is 11.5 Å². The van der Waals surface area contributed by atoms with Crippen LogP contribution in [0.15, 0.2) is 53.4 Å². The van der Waals surface area contributed by atoms with Crippen LogP contribution in [0.5, 0.6) is 0 Å². The number of likely N-dealkylation sites (tertiary alicyclic amines) is 1. The molecule has 0 N–H and O–H groups in total. The van der Waals surface area contributed by atoms with Crippen molar-refractivity contribution in [3.63, 3.8) is 0 Å². The number of hydrogen-bond acceptors (Lipinski definition) is 4. The van der Waals surface area contributed by atoms with Gasteiger partial charge in [0.1, 0.15) is 12.1 Å². The number of rotatable bonds is 4. The first-order valence-electron chi connectivity index (χ1n) is 8.59. The van der Waals surface area contributed by atoms with Crippen molar-refractivity contribution in [2.24, 2.45) is 0 Å². The minimum atomic E-state index is -2.98. The van der Waals surface area contributed by atoms with E-state index in [4.69, 9.17) is 4.42 Å².